The second-order valence-corrected chi connectivity index (χ2v) is 7.68. The van der Waals surface area contributed by atoms with Crippen LogP contribution in [0.25, 0.3) is 22.2 Å². The first kappa shape index (κ1) is 17.9. The Balaban J connectivity index is 1.65. The zero-order chi connectivity index (χ0) is 19.8. The molecule has 0 spiro atoms. The number of fused-ring (bicyclic) bond motifs is 2. The summed E-state index contributed by atoms with van der Waals surface area (Å²) in [6.07, 6.45) is 3.41. The predicted octanol–water partition coefficient (Wildman–Crippen LogP) is 4.01. The van der Waals surface area contributed by atoms with Crippen molar-refractivity contribution in [1.82, 2.24) is 14.8 Å². The zero-order valence-corrected chi connectivity index (χ0v) is 16.2. The number of rotatable bonds is 4. The van der Waals surface area contributed by atoms with Crippen LogP contribution in [-0.4, -0.2) is 52.0 Å². The Kier molecular flexibility index (Phi) is 4.52. The fourth-order valence-electron chi connectivity index (χ4n) is 4.49. The van der Waals surface area contributed by atoms with Crippen LogP contribution in [0.3, 0.4) is 0 Å². The van der Waals surface area contributed by atoms with E-state index in [0.717, 1.165) is 54.9 Å². The second kappa shape index (κ2) is 7.33. The van der Waals surface area contributed by atoms with Gasteiger partial charge in [-0.1, -0.05) is 54.6 Å². The lowest BCUT2D eigenvalue weighted by Gasteiger charge is -2.36. The standard InChI is InChI=1S/C24H23N3O2/c28-24(29)22-19-10-4-5-11-21(19)25-23(17-7-2-1-3-8-17)20(22)16-26-13-14-27-12-6-9-18(27)15-26/h1-5,7-11H,6,12-16H2,(H,28,29). The monoisotopic (exact) mass is 385 g/mol. The third kappa shape index (κ3) is 3.28. The van der Waals surface area contributed by atoms with Crippen molar-refractivity contribution in [3.63, 3.8) is 0 Å². The SMILES string of the molecule is O=C(O)c1c(CN2CCN3CCC=C3C2)c(-c2ccccc2)nc2ccccc12. The Morgan fingerprint density at radius 2 is 1.79 bits per heavy atom. The van der Waals surface area contributed by atoms with Gasteiger partial charge in [-0.05, 0) is 12.5 Å². The Hall–Kier alpha value is -3.18. The topological polar surface area (TPSA) is 56.7 Å². The fraction of sp³-hybridized carbons (Fsp3) is 0.250. The summed E-state index contributed by atoms with van der Waals surface area (Å²) in [6, 6.07) is 17.5. The molecule has 2 aliphatic heterocycles. The molecule has 0 atom stereocenters. The van der Waals surface area contributed by atoms with E-state index >= 15 is 0 Å². The number of carboxylic acid groups (broad SMARTS) is 1. The Morgan fingerprint density at radius 3 is 2.62 bits per heavy atom. The van der Waals surface area contributed by atoms with E-state index in [1.807, 2.05) is 54.6 Å². The number of hydrogen-bond donors (Lipinski definition) is 1. The lowest BCUT2D eigenvalue weighted by molar-refractivity contribution is 0.0696. The quantitative estimate of drug-likeness (QED) is 0.736. The van der Waals surface area contributed by atoms with Gasteiger partial charge in [-0.15, -0.1) is 0 Å². The molecule has 3 aromatic rings. The molecule has 1 saturated heterocycles. The van der Waals surface area contributed by atoms with Gasteiger partial charge in [-0.2, -0.15) is 0 Å². The maximum Gasteiger partial charge on any atom is 0.336 e. The first-order valence-corrected chi connectivity index (χ1v) is 10.1. The van der Waals surface area contributed by atoms with Gasteiger partial charge in [0.25, 0.3) is 0 Å². The fourth-order valence-corrected chi connectivity index (χ4v) is 4.49. The number of para-hydroxylation sites is 1. The molecule has 1 aromatic heterocycles. The van der Waals surface area contributed by atoms with E-state index in [2.05, 4.69) is 15.9 Å². The third-order valence-corrected chi connectivity index (χ3v) is 5.89. The van der Waals surface area contributed by atoms with Crippen LogP contribution in [0.4, 0.5) is 0 Å². The van der Waals surface area contributed by atoms with Crippen LogP contribution in [0.1, 0.15) is 22.3 Å². The van der Waals surface area contributed by atoms with Crippen molar-refractivity contribution in [3.8, 4) is 11.3 Å². The molecule has 0 amide bonds. The van der Waals surface area contributed by atoms with Gasteiger partial charge < -0.3 is 10.0 Å². The van der Waals surface area contributed by atoms with Crippen LogP contribution in [0, 0.1) is 0 Å². The minimum Gasteiger partial charge on any atom is -0.478 e. The number of piperazine rings is 1. The van der Waals surface area contributed by atoms with Gasteiger partial charge in [0.2, 0.25) is 0 Å². The summed E-state index contributed by atoms with van der Waals surface area (Å²) in [5.74, 6) is -0.894. The minimum absolute atomic E-state index is 0.372. The lowest BCUT2D eigenvalue weighted by Crippen LogP contribution is -2.42. The molecule has 5 nitrogen and oxygen atoms in total. The van der Waals surface area contributed by atoms with E-state index in [0.29, 0.717) is 17.5 Å². The van der Waals surface area contributed by atoms with Gasteiger partial charge in [0.15, 0.2) is 0 Å². The van der Waals surface area contributed by atoms with Gasteiger partial charge in [-0.3, -0.25) is 4.90 Å². The first-order chi connectivity index (χ1) is 14.2. The van der Waals surface area contributed by atoms with Crippen LogP contribution in [0.5, 0.6) is 0 Å². The van der Waals surface area contributed by atoms with E-state index in [4.69, 9.17) is 4.98 Å². The molecule has 5 heteroatoms. The first-order valence-electron chi connectivity index (χ1n) is 10.1. The highest BCUT2D eigenvalue weighted by atomic mass is 16.4. The van der Waals surface area contributed by atoms with Crippen LogP contribution in [0.2, 0.25) is 0 Å². The van der Waals surface area contributed by atoms with Crippen molar-refractivity contribution in [3.05, 3.63) is 77.5 Å². The molecule has 29 heavy (non-hydrogen) atoms. The maximum absolute atomic E-state index is 12.4. The van der Waals surface area contributed by atoms with E-state index < -0.39 is 5.97 Å². The van der Waals surface area contributed by atoms with Gasteiger partial charge in [0.05, 0.1) is 16.8 Å². The zero-order valence-electron chi connectivity index (χ0n) is 16.2. The summed E-state index contributed by atoms with van der Waals surface area (Å²) >= 11 is 0. The average molecular weight is 385 g/mol. The van der Waals surface area contributed by atoms with Crippen LogP contribution in [0.15, 0.2) is 66.4 Å². The summed E-state index contributed by atoms with van der Waals surface area (Å²) in [7, 11) is 0. The average Bonchev–Trinajstić information content (AvgIpc) is 3.21. The molecule has 0 bridgehead atoms. The summed E-state index contributed by atoms with van der Waals surface area (Å²) in [5, 5.41) is 10.9. The molecule has 0 radical (unpaired) electrons. The number of aromatic nitrogens is 1. The Bertz CT molecular complexity index is 1110. The summed E-state index contributed by atoms with van der Waals surface area (Å²) in [4.78, 5) is 22.1. The van der Waals surface area contributed by atoms with Crippen LogP contribution < -0.4 is 0 Å². The predicted molar refractivity (Wildman–Crippen MR) is 114 cm³/mol. The Labute approximate surface area is 169 Å². The molecule has 146 valence electrons. The minimum atomic E-state index is -0.894. The van der Waals surface area contributed by atoms with E-state index in [1.54, 1.807) is 0 Å². The van der Waals surface area contributed by atoms with Crippen molar-refractivity contribution >= 4 is 16.9 Å². The van der Waals surface area contributed by atoms with E-state index in [-0.39, 0.29) is 0 Å². The summed E-state index contributed by atoms with van der Waals surface area (Å²) in [5.41, 5.74) is 4.98. The summed E-state index contributed by atoms with van der Waals surface area (Å²) < 4.78 is 0. The maximum atomic E-state index is 12.4. The molecule has 1 N–H and O–H groups in total. The smallest absolute Gasteiger partial charge is 0.336 e. The van der Waals surface area contributed by atoms with E-state index in [9.17, 15) is 9.90 Å². The largest absolute Gasteiger partial charge is 0.478 e. The van der Waals surface area contributed by atoms with Gasteiger partial charge >= 0.3 is 5.97 Å². The van der Waals surface area contributed by atoms with Crippen molar-refractivity contribution in [2.24, 2.45) is 0 Å². The van der Waals surface area contributed by atoms with Crippen LogP contribution >= 0.6 is 0 Å². The third-order valence-electron chi connectivity index (χ3n) is 5.89. The number of aromatic carboxylic acids is 1. The number of benzene rings is 2. The van der Waals surface area contributed by atoms with Crippen LogP contribution in [-0.2, 0) is 6.54 Å². The normalized spacial score (nSPS) is 16.7. The van der Waals surface area contributed by atoms with E-state index in [1.165, 1.54) is 5.70 Å². The number of pyridine rings is 1. The molecular weight excluding hydrogens is 362 g/mol. The number of carboxylic acids is 1. The van der Waals surface area contributed by atoms with Crippen molar-refractivity contribution in [2.75, 3.05) is 26.2 Å². The second-order valence-electron chi connectivity index (χ2n) is 7.68. The molecule has 0 unspecified atom stereocenters. The molecular formula is C24H23N3O2. The van der Waals surface area contributed by atoms with Crippen molar-refractivity contribution in [2.45, 2.75) is 13.0 Å². The molecule has 2 aromatic carbocycles. The molecule has 0 saturated carbocycles. The number of nitrogens with zero attached hydrogens (tertiary/aromatic N) is 3. The van der Waals surface area contributed by atoms with Crippen molar-refractivity contribution in [1.29, 1.82) is 0 Å². The highest BCUT2D eigenvalue weighted by Crippen LogP contribution is 2.32. The number of carbonyl (C=O) groups is 1. The van der Waals surface area contributed by atoms with Gasteiger partial charge in [0, 0.05) is 54.9 Å². The number of hydrogen-bond acceptors (Lipinski definition) is 4. The molecule has 1 fully saturated rings. The highest BCUT2D eigenvalue weighted by molar-refractivity contribution is 6.05. The highest BCUT2D eigenvalue weighted by Gasteiger charge is 2.27. The summed E-state index contributed by atoms with van der Waals surface area (Å²) in [6.45, 7) is 4.47. The Morgan fingerprint density at radius 1 is 1.00 bits per heavy atom. The van der Waals surface area contributed by atoms with Gasteiger partial charge in [0.1, 0.15) is 0 Å². The molecule has 2 aliphatic rings. The van der Waals surface area contributed by atoms with Gasteiger partial charge in [-0.25, -0.2) is 9.78 Å². The lowest BCUT2D eigenvalue weighted by atomic mass is 9.96. The molecule has 5 rings (SSSR count). The van der Waals surface area contributed by atoms with Crippen molar-refractivity contribution < 1.29 is 9.90 Å². The molecule has 3 heterocycles. The molecule has 0 aliphatic carbocycles.